The van der Waals surface area contributed by atoms with E-state index in [-0.39, 0.29) is 176 Å². The molecule has 0 aromatic carbocycles. The molecule has 0 bridgehead atoms. The maximum absolute atomic E-state index is 0. The van der Waals surface area contributed by atoms with Gasteiger partial charge in [-0.05, 0) is 0 Å². The molecule has 0 aliphatic rings. The Morgan fingerprint density at radius 1 is 0.222 bits per heavy atom. The zero-order valence-corrected chi connectivity index (χ0v) is 23.0. The van der Waals surface area contributed by atoms with Crippen molar-refractivity contribution in [2.75, 3.05) is 0 Å². The van der Waals surface area contributed by atoms with E-state index >= 15 is 0 Å². The molecule has 0 atom stereocenters. The third-order valence-electron chi connectivity index (χ3n) is 0. The van der Waals surface area contributed by atoms with Crippen molar-refractivity contribution in [2.45, 2.75) is 0 Å². The molecule has 9 heteroatoms. The Bertz CT molecular complexity index is 6.88. The molecule has 0 unspecified atom stereocenters. The van der Waals surface area contributed by atoms with E-state index in [1.807, 2.05) is 0 Å². The number of rotatable bonds is 0. The molecule has 0 fully saturated rings. The van der Waals surface area contributed by atoms with Crippen LogP contribution in [-0.4, -0.2) is 176 Å². The van der Waals surface area contributed by atoms with Gasteiger partial charge in [-0.25, -0.2) is 0 Å². The third kappa shape index (κ3) is 58.0. The predicted molar refractivity (Wildman–Crippen MR) is 51.8 cm³/mol. The Morgan fingerprint density at radius 3 is 0.222 bits per heavy atom. The molecule has 23 valence electrons. The molecule has 0 spiro atoms. The van der Waals surface area contributed by atoms with Crippen molar-refractivity contribution < 1.29 is 0 Å². The minimum Gasteiger partial charge on any atom is 0 e. The smallest absolute Gasteiger partial charge is 0 e. The molecule has 0 aliphatic carbocycles. The van der Waals surface area contributed by atoms with Gasteiger partial charge in [0.25, 0.3) is 0 Å². The minimum absolute atomic E-state index is 0. The van der Waals surface area contributed by atoms with Crippen LogP contribution in [0.5, 0.6) is 0 Å². The van der Waals surface area contributed by atoms with Crippen molar-refractivity contribution in [3.05, 3.63) is 0 Å². The summed E-state index contributed by atoms with van der Waals surface area (Å²) in [5, 5.41) is 0. The molecule has 0 N–H and O–H groups in total. The van der Waals surface area contributed by atoms with Gasteiger partial charge in [0.15, 0.2) is 0 Å². The molecule has 0 heterocycles. The van der Waals surface area contributed by atoms with Gasteiger partial charge in [-0.1, -0.05) is 0 Å². The second-order valence-electron chi connectivity index (χ2n) is 0. The summed E-state index contributed by atoms with van der Waals surface area (Å²) in [6, 6.07) is 0. The normalized spacial score (nSPS) is 0. The zero-order chi connectivity index (χ0) is 0. The molecule has 0 aromatic rings. The summed E-state index contributed by atoms with van der Waals surface area (Å²) in [5.74, 6) is 0. The maximum Gasteiger partial charge on any atom is 0 e. The van der Waals surface area contributed by atoms with E-state index < -0.39 is 0 Å². The van der Waals surface area contributed by atoms with Gasteiger partial charge in [0.05, 0.1) is 0 Å². The summed E-state index contributed by atoms with van der Waals surface area (Å²) in [6.45, 7) is 0. The number of hydrogen-bond donors (Lipinski definition) is 0. The molecule has 0 aliphatic heterocycles. The molecule has 0 nitrogen and oxygen atoms in total. The molecule has 9 heavy (non-hydrogen) atoms. The summed E-state index contributed by atoms with van der Waals surface area (Å²) in [4.78, 5) is 0. The first-order valence-corrected chi connectivity index (χ1v) is 0. The SMILES string of the molecule is [Ga].[Ga].[Ga].[Ga].[Ga].[Ga].[Ga].[Li].[Li]. The largest absolute Gasteiger partial charge is 0 e. The Hall–Kier alpha value is 5.65. The molecule has 23 radical (unpaired) electrons. The van der Waals surface area contributed by atoms with E-state index in [2.05, 4.69) is 0 Å². The fraction of sp³-hybridized carbons (Fsp3) is 0. The standard InChI is InChI=1S/7Ga.2Li. The zero-order valence-electron chi connectivity index (χ0n) is 6.04. The van der Waals surface area contributed by atoms with Crippen LogP contribution in [-0.2, 0) is 0 Å². The number of hydrogen-bond acceptors (Lipinski definition) is 0. The Kier molecular flexibility index (Phi) is 650. The average molecular weight is 502 g/mol. The van der Waals surface area contributed by atoms with Crippen LogP contribution in [0.2, 0.25) is 0 Å². The molecule has 0 saturated heterocycles. The van der Waals surface area contributed by atoms with Crippen LogP contribution in [0.4, 0.5) is 0 Å². The Labute approximate surface area is 172 Å². The molecule has 0 saturated carbocycles. The van der Waals surface area contributed by atoms with E-state index in [1.54, 1.807) is 0 Å². The van der Waals surface area contributed by atoms with Gasteiger partial charge in [-0.3, -0.25) is 0 Å². The topological polar surface area (TPSA) is 0 Å². The van der Waals surface area contributed by atoms with Crippen molar-refractivity contribution >= 4 is 176 Å². The van der Waals surface area contributed by atoms with Crippen LogP contribution in [0.3, 0.4) is 0 Å². The van der Waals surface area contributed by atoms with Crippen LogP contribution in [0.15, 0.2) is 0 Å². The first-order chi connectivity index (χ1) is 0. The fourth-order valence-corrected chi connectivity index (χ4v) is 0. The van der Waals surface area contributed by atoms with Crippen molar-refractivity contribution in [2.24, 2.45) is 0 Å². The maximum atomic E-state index is 0. The van der Waals surface area contributed by atoms with Gasteiger partial charge < -0.3 is 0 Å². The second kappa shape index (κ2) is 68.4. The van der Waals surface area contributed by atoms with Gasteiger partial charge in [0.2, 0.25) is 0 Å². The first kappa shape index (κ1) is 85.5. The average Bonchev–Trinajstić information content (AvgIpc) is 0. The third-order valence-corrected chi connectivity index (χ3v) is 0. The molecular weight excluding hydrogens is 502 g/mol. The minimum atomic E-state index is 0. The second-order valence-corrected chi connectivity index (χ2v) is 0. The Morgan fingerprint density at radius 2 is 0.222 bits per heavy atom. The summed E-state index contributed by atoms with van der Waals surface area (Å²) in [6.07, 6.45) is 0. The van der Waals surface area contributed by atoms with E-state index in [0.29, 0.717) is 0 Å². The monoisotopic (exact) mass is 497 g/mol. The van der Waals surface area contributed by atoms with Crippen LogP contribution >= 0.6 is 0 Å². The van der Waals surface area contributed by atoms with E-state index in [4.69, 9.17) is 0 Å². The van der Waals surface area contributed by atoms with Crippen molar-refractivity contribution in [3.8, 4) is 0 Å². The van der Waals surface area contributed by atoms with Gasteiger partial charge in [-0.15, -0.1) is 0 Å². The first-order valence-electron chi connectivity index (χ1n) is 0. The van der Waals surface area contributed by atoms with Crippen LogP contribution < -0.4 is 0 Å². The quantitative estimate of drug-likeness (QED) is 0.303. The summed E-state index contributed by atoms with van der Waals surface area (Å²) >= 11 is 0. The van der Waals surface area contributed by atoms with Crippen molar-refractivity contribution in [3.63, 3.8) is 0 Å². The van der Waals surface area contributed by atoms with Gasteiger partial charge in [-0.2, -0.15) is 0 Å². The molecular formula is Ga7Li2. The Balaban J connectivity index is 0. The van der Waals surface area contributed by atoms with Crippen LogP contribution in [0, 0.1) is 0 Å². The van der Waals surface area contributed by atoms with Crippen LogP contribution in [0.25, 0.3) is 0 Å². The van der Waals surface area contributed by atoms with Crippen molar-refractivity contribution in [1.82, 2.24) is 0 Å². The summed E-state index contributed by atoms with van der Waals surface area (Å²) in [7, 11) is 0. The van der Waals surface area contributed by atoms with Crippen LogP contribution in [0.1, 0.15) is 0 Å². The molecule has 0 rings (SSSR count). The molecule has 0 aromatic heterocycles. The summed E-state index contributed by atoms with van der Waals surface area (Å²) in [5.41, 5.74) is 0. The predicted octanol–water partition coefficient (Wildman–Crippen LogP) is -3.43. The van der Waals surface area contributed by atoms with E-state index in [9.17, 15) is 0 Å². The van der Waals surface area contributed by atoms with E-state index in [1.165, 1.54) is 0 Å². The van der Waals surface area contributed by atoms with Crippen molar-refractivity contribution in [1.29, 1.82) is 0 Å². The van der Waals surface area contributed by atoms with Gasteiger partial charge in [0, 0.05) is 176 Å². The van der Waals surface area contributed by atoms with E-state index in [0.717, 1.165) is 0 Å². The van der Waals surface area contributed by atoms with Gasteiger partial charge >= 0.3 is 0 Å². The fourth-order valence-electron chi connectivity index (χ4n) is 0. The van der Waals surface area contributed by atoms with Gasteiger partial charge in [0.1, 0.15) is 0 Å². The summed E-state index contributed by atoms with van der Waals surface area (Å²) < 4.78 is 0. The molecule has 0 amide bonds.